The van der Waals surface area contributed by atoms with Crippen LogP contribution in [0, 0.1) is 0 Å². The molecule has 4 aromatic rings. The number of hydrogen-bond donors (Lipinski definition) is 2. The number of carbonyl (C=O) groups is 2. The lowest BCUT2D eigenvalue weighted by molar-refractivity contribution is -0.127. The standard InChI is InChI=1S/C21H19ClN8O3/c1-2-15(31)29-7-3-4-12(9-29)30-19-16(18(23)24-10-25-19)17(28-30)20(32)27-21-26-13-8-11(22)5-6-14(13)33-21/h2,5-6,8,10,12H,1,3-4,7,9H2,(H2,23,24,25)(H,26,27,32). The third kappa shape index (κ3) is 3.76. The molecule has 0 bridgehead atoms. The van der Waals surface area contributed by atoms with Gasteiger partial charge < -0.3 is 15.1 Å². The number of fused-ring (bicyclic) bond motifs is 2. The molecule has 0 aliphatic carbocycles. The van der Waals surface area contributed by atoms with Crippen molar-refractivity contribution >= 4 is 57.4 Å². The molecule has 1 aliphatic heterocycles. The van der Waals surface area contributed by atoms with E-state index >= 15 is 0 Å². The van der Waals surface area contributed by atoms with E-state index in [1.54, 1.807) is 27.8 Å². The quantitative estimate of drug-likeness (QED) is 0.436. The number of anilines is 2. The van der Waals surface area contributed by atoms with Crippen molar-refractivity contribution in [2.24, 2.45) is 0 Å². The molecule has 1 fully saturated rings. The van der Waals surface area contributed by atoms with Gasteiger partial charge in [0.2, 0.25) is 5.91 Å². The van der Waals surface area contributed by atoms with Gasteiger partial charge in [0.25, 0.3) is 5.91 Å². The SMILES string of the molecule is C=CC(=O)N1CCCC(n2nc(C(=O)Nc3nc4cc(Cl)ccc4o3)c3c(N)ncnc32)C1. The Labute approximate surface area is 192 Å². The van der Waals surface area contributed by atoms with Crippen molar-refractivity contribution in [2.45, 2.75) is 18.9 Å². The molecule has 12 heteroatoms. The van der Waals surface area contributed by atoms with Gasteiger partial charge in [-0.05, 0) is 37.1 Å². The first-order valence-electron chi connectivity index (χ1n) is 10.2. The number of nitrogens with two attached hydrogens (primary N) is 1. The summed E-state index contributed by atoms with van der Waals surface area (Å²) in [5.41, 5.74) is 7.52. The number of piperidine rings is 1. The van der Waals surface area contributed by atoms with Gasteiger partial charge in [0.05, 0.1) is 11.4 Å². The van der Waals surface area contributed by atoms with E-state index in [1.165, 1.54) is 12.4 Å². The molecule has 1 atom stereocenters. The van der Waals surface area contributed by atoms with Crippen molar-refractivity contribution in [1.29, 1.82) is 0 Å². The van der Waals surface area contributed by atoms with Crippen LogP contribution in [0.1, 0.15) is 29.4 Å². The second-order valence-corrected chi connectivity index (χ2v) is 8.06. The fourth-order valence-electron chi connectivity index (χ4n) is 4.00. The highest BCUT2D eigenvalue weighted by Gasteiger charge is 2.29. The number of oxazole rings is 1. The number of aromatic nitrogens is 5. The molecule has 5 rings (SSSR count). The van der Waals surface area contributed by atoms with E-state index in [1.807, 2.05) is 0 Å². The van der Waals surface area contributed by atoms with E-state index in [0.717, 1.165) is 12.8 Å². The average molecular weight is 467 g/mol. The molecule has 1 unspecified atom stereocenters. The Morgan fingerprint density at radius 3 is 3.00 bits per heavy atom. The van der Waals surface area contributed by atoms with Gasteiger partial charge in [-0.15, -0.1) is 0 Å². The summed E-state index contributed by atoms with van der Waals surface area (Å²) in [6.07, 6.45) is 4.14. The third-order valence-corrected chi connectivity index (χ3v) is 5.77. The highest BCUT2D eigenvalue weighted by Crippen LogP contribution is 2.29. The third-order valence-electron chi connectivity index (χ3n) is 5.53. The number of carbonyl (C=O) groups excluding carboxylic acids is 2. The van der Waals surface area contributed by atoms with Crippen LogP contribution in [0.4, 0.5) is 11.8 Å². The smallest absolute Gasteiger partial charge is 0.302 e. The summed E-state index contributed by atoms with van der Waals surface area (Å²) >= 11 is 5.99. The Kier molecular flexibility index (Phi) is 5.17. The second kappa shape index (κ2) is 8.17. The monoisotopic (exact) mass is 466 g/mol. The van der Waals surface area contributed by atoms with Crippen LogP contribution in [-0.4, -0.2) is 54.5 Å². The highest BCUT2D eigenvalue weighted by molar-refractivity contribution is 6.31. The molecular formula is C21H19ClN8O3. The van der Waals surface area contributed by atoms with Crippen LogP contribution in [0.2, 0.25) is 5.02 Å². The van der Waals surface area contributed by atoms with Crippen molar-refractivity contribution in [2.75, 3.05) is 24.1 Å². The fraction of sp³-hybridized carbons (Fsp3) is 0.238. The van der Waals surface area contributed by atoms with Gasteiger partial charge in [0.15, 0.2) is 16.9 Å². The number of likely N-dealkylation sites (tertiary alicyclic amines) is 1. The zero-order valence-corrected chi connectivity index (χ0v) is 18.1. The maximum Gasteiger partial charge on any atom is 0.302 e. The van der Waals surface area contributed by atoms with Gasteiger partial charge in [0, 0.05) is 18.1 Å². The van der Waals surface area contributed by atoms with Gasteiger partial charge in [-0.25, -0.2) is 14.6 Å². The summed E-state index contributed by atoms with van der Waals surface area (Å²) in [5, 5.41) is 7.96. The molecule has 3 N–H and O–H groups in total. The summed E-state index contributed by atoms with van der Waals surface area (Å²) in [6, 6.07) is 4.77. The number of hydrogen-bond acceptors (Lipinski definition) is 8. The van der Waals surface area contributed by atoms with Crippen molar-refractivity contribution in [1.82, 2.24) is 29.6 Å². The molecule has 4 heterocycles. The summed E-state index contributed by atoms with van der Waals surface area (Å²) in [7, 11) is 0. The first-order valence-corrected chi connectivity index (χ1v) is 10.6. The number of amides is 2. The number of benzene rings is 1. The Bertz CT molecular complexity index is 1410. The molecule has 2 amide bonds. The zero-order valence-electron chi connectivity index (χ0n) is 17.4. The largest absolute Gasteiger partial charge is 0.423 e. The number of nitrogen functional groups attached to an aromatic ring is 1. The van der Waals surface area contributed by atoms with E-state index in [9.17, 15) is 9.59 Å². The Hall–Kier alpha value is -3.99. The van der Waals surface area contributed by atoms with Crippen molar-refractivity contribution in [3.05, 3.63) is 47.9 Å². The number of nitrogens with one attached hydrogen (secondary N) is 1. The van der Waals surface area contributed by atoms with E-state index in [-0.39, 0.29) is 29.5 Å². The maximum atomic E-state index is 13.1. The van der Waals surface area contributed by atoms with Crippen LogP contribution in [0.5, 0.6) is 0 Å². The molecule has 1 saturated heterocycles. The number of rotatable bonds is 4. The van der Waals surface area contributed by atoms with Crippen molar-refractivity contribution in [3.8, 4) is 0 Å². The minimum absolute atomic E-state index is 0.00388. The van der Waals surface area contributed by atoms with Crippen LogP contribution in [-0.2, 0) is 4.79 Å². The summed E-state index contributed by atoms with van der Waals surface area (Å²) in [6.45, 7) is 4.60. The number of nitrogens with zero attached hydrogens (tertiary/aromatic N) is 6. The Morgan fingerprint density at radius 1 is 1.33 bits per heavy atom. The summed E-state index contributed by atoms with van der Waals surface area (Å²) in [5.74, 6) is -0.609. The van der Waals surface area contributed by atoms with Crippen molar-refractivity contribution in [3.63, 3.8) is 0 Å². The second-order valence-electron chi connectivity index (χ2n) is 7.62. The zero-order chi connectivity index (χ0) is 23.1. The van der Waals surface area contributed by atoms with E-state index in [4.69, 9.17) is 21.8 Å². The van der Waals surface area contributed by atoms with Crippen molar-refractivity contribution < 1.29 is 14.0 Å². The minimum Gasteiger partial charge on any atom is -0.423 e. The van der Waals surface area contributed by atoms with E-state index in [0.29, 0.717) is 40.2 Å². The summed E-state index contributed by atoms with van der Waals surface area (Å²) in [4.78, 5) is 39.5. The van der Waals surface area contributed by atoms with E-state index < -0.39 is 5.91 Å². The number of halogens is 1. The van der Waals surface area contributed by atoms with Crippen LogP contribution in [0.15, 0.2) is 41.6 Å². The maximum absolute atomic E-state index is 13.1. The van der Waals surface area contributed by atoms with Gasteiger partial charge in [-0.2, -0.15) is 10.1 Å². The molecule has 168 valence electrons. The molecular weight excluding hydrogens is 448 g/mol. The predicted octanol–water partition coefficient (Wildman–Crippen LogP) is 2.80. The Morgan fingerprint density at radius 2 is 2.18 bits per heavy atom. The topological polar surface area (TPSA) is 145 Å². The molecule has 1 aromatic carbocycles. The first-order chi connectivity index (χ1) is 15.9. The lowest BCUT2D eigenvalue weighted by atomic mass is 10.1. The molecule has 0 saturated carbocycles. The van der Waals surface area contributed by atoms with Crippen LogP contribution in [0.25, 0.3) is 22.1 Å². The molecule has 3 aromatic heterocycles. The highest BCUT2D eigenvalue weighted by atomic mass is 35.5. The normalized spacial score (nSPS) is 16.3. The molecule has 11 nitrogen and oxygen atoms in total. The predicted molar refractivity (Wildman–Crippen MR) is 122 cm³/mol. The van der Waals surface area contributed by atoms with Gasteiger partial charge >= 0.3 is 6.01 Å². The first kappa shape index (κ1) is 20.9. The van der Waals surface area contributed by atoms with Gasteiger partial charge in [0.1, 0.15) is 17.7 Å². The fourth-order valence-corrected chi connectivity index (χ4v) is 4.17. The lowest BCUT2D eigenvalue weighted by Gasteiger charge is -2.32. The van der Waals surface area contributed by atoms with E-state index in [2.05, 4.69) is 31.9 Å². The van der Waals surface area contributed by atoms with Crippen LogP contribution < -0.4 is 11.1 Å². The molecule has 0 radical (unpaired) electrons. The minimum atomic E-state index is -0.576. The average Bonchev–Trinajstić information content (AvgIpc) is 3.40. The molecule has 1 aliphatic rings. The van der Waals surface area contributed by atoms with Gasteiger partial charge in [-0.1, -0.05) is 18.2 Å². The van der Waals surface area contributed by atoms with Crippen LogP contribution >= 0.6 is 11.6 Å². The molecule has 0 spiro atoms. The van der Waals surface area contributed by atoms with Crippen LogP contribution in [0.3, 0.4) is 0 Å². The molecule has 33 heavy (non-hydrogen) atoms. The Balaban J connectivity index is 1.50. The summed E-state index contributed by atoms with van der Waals surface area (Å²) < 4.78 is 7.22. The lowest BCUT2D eigenvalue weighted by Crippen LogP contribution is -2.40. The van der Waals surface area contributed by atoms with Gasteiger partial charge in [-0.3, -0.25) is 14.9 Å².